The molecule has 3 saturated heterocycles. The van der Waals surface area contributed by atoms with Crippen LogP contribution in [-0.2, 0) is 9.53 Å². The zero-order valence-corrected chi connectivity index (χ0v) is 17.5. The maximum absolute atomic E-state index is 12.5. The SMILES string of the molecule is O=C(S)NC[C@H]1CN(c2ccc(N3CCN(C(=O)C4CCCN4)CC3)nc2)C(=O)O1. The van der Waals surface area contributed by atoms with Gasteiger partial charge in [-0.3, -0.25) is 14.5 Å². The van der Waals surface area contributed by atoms with Gasteiger partial charge in [0.1, 0.15) is 11.9 Å². The number of pyridine rings is 1. The molecule has 4 rings (SSSR count). The van der Waals surface area contributed by atoms with E-state index in [9.17, 15) is 14.4 Å². The summed E-state index contributed by atoms with van der Waals surface area (Å²) < 4.78 is 5.26. The second-order valence-corrected chi connectivity index (χ2v) is 8.04. The van der Waals surface area contributed by atoms with Crippen molar-refractivity contribution in [1.29, 1.82) is 0 Å². The molecule has 3 aliphatic rings. The summed E-state index contributed by atoms with van der Waals surface area (Å²) in [4.78, 5) is 45.6. The number of cyclic esters (lactones) is 1. The minimum Gasteiger partial charge on any atom is -0.442 e. The molecule has 30 heavy (non-hydrogen) atoms. The molecule has 162 valence electrons. The summed E-state index contributed by atoms with van der Waals surface area (Å²) in [5.41, 5.74) is 0.643. The van der Waals surface area contributed by atoms with E-state index >= 15 is 0 Å². The highest BCUT2D eigenvalue weighted by atomic mass is 32.1. The molecule has 0 radical (unpaired) electrons. The van der Waals surface area contributed by atoms with Crippen molar-refractivity contribution in [3.8, 4) is 0 Å². The van der Waals surface area contributed by atoms with Crippen LogP contribution in [0.3, 0.4) is 0 Å². The Bertz CT molecular complexity index is 793. The zero-order valence-electron chi connectivity index (χ0n) is 16.6. The quantitative estimate of drug-likeness (QED) is 0.578. The number of ether oxygens (including phenoxy) is 1. The van der Waals surface area contributed by atoms with Gasteiger partial charge >= 0.3 is 6.09 Å². The summed E-state index contributed by atoms with van der Waals surface area (Å²) in [5, 5.41) is 5.33. The number of carbonyl (C=O) groups is 3. The number of rotatable bonds is 5. The van der Waals surface area contributed by atoms with Crippen molar-refractivity contribution in [3.05, 3.63) is 18.3 Å². The number of carbonyl (C=O) groups excluding carboxylic acids is 3. The van der Waals surface area contributed by atoms with Crippen LogP contribution in [0.4, 0.5) is 21.1 Å². The molecule has 0 saturated carbocycles. The lowest BCUT2D eigenvalue weighted by Crippen LogP contribution is -2.53. The van der Waals surface area contributed by atoms with Crippen LogP contribution in [0.25, 0.3) is 0 Å². The van der Waals surface area contributed by atoms with Crippen LogP contribution in [0, 0.1) is 0 Å². The maximum atomic E-state index is 12.5. The van der Waals surface area contributed by atoms with Crippen molar-refractivity contribution in [2.45, 2.75) is 25.0 Å². The Kier molecular flexibility index (Phi) is 6.28. The van der Waals surface area contributed by atoms with Crippen molar-refractivity contribution >= 4 is 41.4 Å². The normalized spacial score (nSPS) is 24.2. The standard InChI is InChI=1S/C19H26N6O4S/c26-17(15-2-1-5-20-15)24-8-6-23(7-9-24)16-4-3-13(10-21-16)25-12-14(29-19(25)28)11-22-18(27)30/h3-4,10,14-15,20H,1-2,5-9,11-12H2,(H2,22,27,30)/t14-,15?/m0/s1. The Hall–Kier alpha value is -2.53. The maximum Gasteiger partial charge on any atom is 0.414 e. The van der Waals surface area contributed by atoms with Crippen LogP contribution >= 0.6 is 12.6 Å². The molecule has 11 heteroatoms. The highest BCUT2D eigenvalue weighted by Gasteiger charge is 2.33. The molecular weight excluding hydrogens is 408 g/mol. The summed E-state index contributed by atoms with van der Waals surface area (Å²) in [6.07, 6.45) is 2.74. The molecule has 3 amide bonds. The van der Waals surface area contributed by atoms with Crippen molar-refractivity contribution < 1.29 is 19.1 Å². The lowest BCUT2D eigenvalue weighted by Gasteiger charge is -2.36. The summed E-state index contributed by atoms with van der Waals surface area (Å²) in [6, 6.07) is 3.68. The number of amides is 3. The van der Waals surface area contributed by atoms with Gasteiger partial charge in [-0.2, -0.15) is 0 Å². The molecule has 3 fully saturated rings. The van der Waals surface area contributed by atoms with Crippen LogP contribution in [0.1, 0.15) is 12.8 Å². The van der Waals surface area contributed by atoms with Crippen molar-refractivity contribution in [1.82, 2.24) is 20.5 Å². The monoisotopic (exact) mass is 434 g/mol. The first-order chi connectivity index (χ1) is 14.5. The van der Waals surface area contributed by atoms with Crippen LogP contribution in [-0.4, -0.2) is 85.1 Å². The van der Waals surface area contributed by atoms with Gasteiger partial charge in [0.05, 0.1) is 31.0 Å². The summed E-state index contributed by atoms with van der Waals surface area (Å²) in [6.45, 7) is 4.28. The fourth-order valence-corrected chi connectivity index (χ4v) is 4.13. The van der Waals surface area contributed by atoms with E-state index in [1.807, 2.05) is 17.0 Å². The predicted molar refractivity (Wildman–Crippen MR) is 114 cm³/mol. The number of piperazine rings is 1. The first-order valence-electron chi connectivity index (χ1n) is 10.2. The molecule has 0 aliphatic carbocycles. The predicted octanol–water partition coefficient (Wildman–Crippen LogP) is 0.447. The van der Waals surface area contributed by atoms with Crippen molar-refractivity contribution in [3.63, 3.8) is 0 Å². The summed E-state index contributed by atoms with van der Waals surface area (Å²) in [7, 11) is 0. The number of anilines is 2. The van der Waals surface area contributed by atoms with Gasteiger partial charge in [0.15, 0.2) is 0 Å². The fourth-order valence-electron chi connectivity index (χ4n) is 4.04. The van der Waals surface area contributed by atoms with Gasteiger partial charge in [-0.25, -0.2) is 9.78 Å². The van der Waals surface area contributed by atoms with Crippen LogP contribution in [0.2, 0.25) is 0 Å². The average molecular weight is 435 g/mol. The Morgan fingerprint density at radius 3 is 2.70 bits per heavy atom. The molecule has 10 nitrogen and oxygen atoms in total. The third-order valence-corrected chi connectivity index (χ3v) is 5.83. The molecule has 2 N–H and O–H groups in total. The molecule has 0 aromatic carbocycles. The van der Waals surface area contributed by atoms with Gasteiger partial charge in [0.25, 0.3) is 5.24 Å². The van der Waals surface area contributed by atoms with Crippen molar-refractivity contribution in [2.24, 2.45) is 0 Å². The summed E-state index contributed by atoms with van der Waals surface area (Å²) >= 11 is 3.64. The third-order valence-electron chi connectivity index (χ3n) is 5.67. The lowest BCUT2D eigenvalue weighted by atomic mass is 10.2. The van der Waals surface area contributed by atoms with Crippen molar-refractivity contribution in [2.75, 3.05) is 55.6 Å². The smallest absolute Gasteiger partial charge is 0.414 e. The highest BCUT2D eigenvalue weighted by Crippen LogP contribution is 2.23. The molecule has 1 aromatic heterocycles. The van der Waals surface area contributed by atoms with E-state index in [0.29, 0.717) is 25.3 Å². The van der Waals surface area contributed by atoms with Gasteiger partial charge < -0.3 is 25.2 Å². The molecule has 3 aliphatic heterocycles. The van der Waals surface area contributed by atoms with Crippen LogP contribution in [0.5, 0.6) is 0 Å². The minimum atomic E-state index is -0.462. The van der Waals surface area contributed by atoms with Crippen LogP contribution in [0.15, 0.2) is 18.3 Å². The molecule has 0 bridgehead atoms. The van der Waals surface area contributed by atoms with E-state index in [2.05, 4.69) is 33.1 Å². The van der Waals surface area contributed by atoms with E-state index in [1.165, 1.54) is 4.90 Å². The molecular formula is C19H26N6O4S. The molecule has 4 heterocycles. The largest absolute Gasteiger partial charge is 0.442 e. The average Bonchev–Trinajstić information content (AvgIpc) is 3.42. The van der Waals surface area contributed by atoms with E-state index in [1.54, 1.807) is 6.20 Å². The highest BCUT2D eigenvalue weighted by molar-refractivity contribution is 7.96. The number of nitrogens with one attached hydrogen (secondary N) is 2. The van der Waals surface area contributed by atoms with E-state index in [0.717, 1.165) is 38.3 Å². The first kappa shape index (κ1) is 20.7. The van der Waals surface area contributed by atoms with Gasteiger partial charge in [-0.1, -0.05) is 12.6 Å². The number of nitrogens with zero attached hydrogens (tertiary/aromatic N) is 4. The first-order valence-corrected chi connectivity index (χ1v) is 10.6. The Morgan fingerprint density at radius 2 is 2.07 bits per heavy atom. The topological polar surface area (TPSA) is 107 Å². The lowest BCUT2D eigenvalue weighted by molar-refractivity contribution is -0.133. The van der Waals surface area contributed by atoms with Gasteiger partial charge in [0.2, 0.25) is 5.91 Å². The van der Waals surface area contributed by atoms with Gasteiger partial charge in [0, 0.05) is 26.2 Å². The second kappa shape index (κ2) is 9.09. The molecule has 0 spiro atoms. The number of thiol groups is 1. The van der Waals surface area contributed by atoms with E-state index in [-0.39, 0.29) is 18.5 Å². The number of hydrogen-bond acceptors (Lipinski definition) is 7. The zero-order chi connectivity index (χ0) is 21.1. The molecule has 1 aromatic rings. The Morgan fingerprint density at radius 1 is 1.27 bits per heavy atom. The molecule has 1 unspecified atom stereocenters. The second-order valence-electron chi connectivity index (χ2n) is 7.64. The Labute approximate surface area is 180 Å². The third kappa shape index (κ3) is 4.62. The van der Waals surface area contributed by atoms with Gasteiger partial charge in [-0.15, -0.1) is 0 Å². The minimum absolute atomic E-state index is 0.0286. The number of hydrogen-bond donors (Lipinski definition) is 3. The van der Waals surface area contributed by atoms with E-state index in [4.69, 9.17) is 4.74 Å². The van der Waals surface area contributed by atoms with Gasteiger partial charge in [-0.05, 0) is 31.5 Å². The Balaban J connectivity index is 1.30. The molecule has 2 atom stereocenters. The van der Waals surface area contributed by atoms with Crippen LogP contribution < -0.4 is 20.4 Å². The summed E-state index contributed by atoms with van der Waals surface area (Å²) in [5.74, 6) is 1.02. The fraction of sp³-hybridized carbons (Fsp3) is 0.579. The number of aromatic nitrogens is 1. The van der Waals surface area contributed by atoms with E-state index < -0.39 is 17.4 Å².